The second kappa shape index (κ2) is 8.41. The molecule has 1 aromatic carbocycles. The number of hydrogen-bond acceptors (Lipinski definition) is 9. The zero-order chi connectivity index (χ0) is 21.2. The van der Waals surface area contributed by atoms with Crippen LogP contribution < -0.4 is 19.5 Å². The first kappa shape index (κ1) is 19.6. The zero-order valence-corrected chi connectivity index (χ0v) is 17.8. The van der Waals surface area contributed by atoms with Crippen LogP contribution in [0.4, 0.5) is 10.9 Å². The molecule has 1 fully saturated rings. The maximum atomic E-state index is 8.99. The highest BCUT2D eigenvalue weighted by atomic mass is 32.1. The number of methoxy groups -OCH3 is 1. The Morgan fingerprint density at radius 2 is 2.19 bits per heavy atom. The van der Waals surface area contributed by atoms with Gasteiger partial charge in [0, 0.05) is 18.2 Å². The summed E-state index contributed by atoms with van der Waals surface area (Å²) in [6, 6.07) is 12.2. The molecule has 2 aliphatic heterocycles. The van der Waals surface area contributed by atoms with Gasteiger partial charge in [0.25, 0.3) is 0 Å². The van der Waals surface area contributed by atoms with Gasteiger partial charge in [-0.3, -0.25) is 4.90 Å². The first-order chi connectivity index (χ1) is 15.2. The van der Waals surface area contributed by atoms with Gasteiger partial charge in [-0.1, -0.05) is 17.4 Å². The predicted octanol–water partition coefficient (Wildman–Crippen LogP) is 4.23. The lowest BCUT2D eigenvalue weighted by atomic mass is 10.1. The molecular formula is C22H21N5O3S. The minimum atomic E-state index is 0.211. The van der Waals surface area contributed by atoms with Crippen molar-refractivity contribution in [1.82, 2.24) is 14.9 Å². The maximum Gasteiger partial charge on any atom is 0.231 e. The van der Waals surface area contributed by atoms with Crippen LogP contribution in [0.5, 0.6) is 17.2 Å². The van der Waals surface area contributed by atoms with E-state index in [0.717, 1.165) is 60.3 Å². The molecule has 2 aliphatic rings. The van der Waals surface area contributed by atoms with E-state index in [0.29, 0.717) is 10.0 Å². The molecule has 1 N–H and O–H groups in total. The second-order valence-electron chi connectivity index (χ2n) is 7.36. The lowest BCUT2D eigenvalue weighted by Gasteiger charge is -2.25. The molecule has 158 valence electrons. The average Bonchev–Trinajstić information content (AvgIpc) is 3.54. The standard InChI is InChI=1S/C22H21N5O3S/c1-28-18-9-20-19(29-13-30-20)8-14(18)12-27-7-3-5-17(27)16-4-2-6-21(25-16)26-22-24-11-15(10-23)31-22/h2,4,6,8-9,11,17H,3,5,7,12-13H2,1H3,(H,24,25,26)/t17-/m0/s1. The summed E-state index contributed by atoms with van der Waals surface area (Å²) in [6.07, 6.45) is 3.71. The van der Waals surface area contributed by atoms with E-state index in [2.05, 4.69) is 27.3 Å². The molecule has 0 saturated carbocycles. The first-order valence-corrected chi connectivity index (χ1v) is 10.9. The Kier molecular flexibility index (Phi) is 5.32. The molecule has 1 atom stereocenters. The summed E-state index contributed by atoms with van der Waals surface area (Å²) in [7, 11) is 1.68. The predicted molar refractivity (Wildman–Crippen MR) is 116 cm³/mol. The monoisotopic (exact) mass is 435 g/mol. The number of anilines is 2. The van der Waals surface area contributed by atoms with Crippen LogP contribution in [0, 0.1) is 11.3 Å². The fourth-order valence-electron chi connectivity index (χ4n) is 4.05. The highest BCUT2D eigenvalue weighted by Crippen LogP contribution is 2.40. The van der Waals surface area contributed by atoms with Gasteiger partial charge < -0.3 is 19.5 Å². The van der Waals surface area contributed by atoms with Crippen LogP contribution in [-0.2, 0) is 6.54 Å². The number of likely N-dealkylation sites (tertiary alicyclic amines) is 1. The number of hydrogen-bond donors (Lipinski definition) is 1. The topological polar surface area (TPSA) is 92.5 Å². The average molecular weight is 436 g/mol. The van der Waals surface area contributed by atoms with E-state index in [1.165, 1.54) is 11.3 Å². The number of nitriles is 1. The molecule has 0 radical (unpaired) electrons. The van der Waals surface area contributed by atoms with Gasteiger partial charge in [-0.25, -0.2) is 9.97 Å². The molecule has 0 spiro atoms. The summed E-state index contributed by atoms with van der Waals surface area (Å²) in [5.41, 5.74) is 2.08. The van der Waals surface area contributed by atoms with Crippen LogP contribution in [-0.4, -0.2) is 35.3 Å². The Morgan fingerprint density at radius 1 is 1.32 bits per heavy atom. The largest absolute Gasteiger partial charge is 0.496 e. The van der Waals surface area contributed by atoms with Crippen LogP contribution in [0.1, 0.15) is 35.0 Å². The minimum absolute atomic E-state index is 0.211. The van der Waals surface area contributed by atoms with Crippen LogP contribution in [0.2, 0.25) is 0 Å². The number of ether oxygens (including phenoxy) is 3. The number of thiazole rings is 1. The number of fused-ring (bicyclic) bond motifs is 1. The molecule has 31 heavy (non-hydrogen) atoms. The van der Waals surface area contributed by atoms with Gasteiger partial charge >= 0.3 is 0 Å². The molecule has 0 unspecified atom stereocenters. The van der Waals surface area contributed by atoms with Crippen molar-refractivity contribution in [2.24, 2.45) is 0 Å². The Labute approximate surface area is 184 Å². The fraction of sp³-hybridized carbons (Fsp3) is 0.318. The van der Waals surface area contributed by atoms with Crippen LogP contribution in [0.25, 0.3) is 0 Å². The quantitative estimate of drug-likeness (QED) is 0.615. The van der Waals surface area contributed by atoms with Gasteiger partial charge in [0.05, 0.1) is 25.0 Å². The number of pyridine rings is 1. The van der Waals surface area contributed by atoms with Crippen molar-refractivity contribution < 1.29 is 14.2 Å². The molecule has 9 heteroatoms. The second-order valence-corrected chi connectivity index (χ2v) is 8.39. The van der Waals surface area contributed by atoms with E-state index in [-0.39, 0.29) is 12.8 Å². The van der Waals surface area contributed by atoms with Crippen LogP contribution in [0.3, 0.4) is 0 Å². The molecule has 3 aromatic rings. The molecule has 0 amide bonds. The third-order valence-corrected chi connectivity index (χ3v) is 6.29. The number of nitrogens with one attached hydrogen (secondary N) is 1. The lowest BCUT2D eigenvalue weighted by Crippen LogP contribution is -2.24. The highest BCUT2D eigenvalue weighted by Gasteiger charge is 2.29. The van der Waals surface area contributed by atoms with E-state index in [4.69, 9.17) is 24.5 Å². The van der Waals surface area contributed by atoms with Gasteiger partial charge in [-0.15, -0.1) is 0 Å². The van der Waals surface area contributed by atoms with E-state index in [1.807, 2.05) is 24.3 Å². The summed E-state index contributed by atoms with van der Waals surface area (Å²) in [4.78, 5) is 12.0. The summed E-state index contributed by atoms with van der Waals surface area (Å²) in [5.74, 6) is 3.01. The molecular weight excluding hydrogens is 414 g/mol. The van der Waals surface area contributed by atoms with Gasteiger partial charge in [-0.2, -0.15) is 5.26 Å². The minimum Gasteiger partial charge on any atom is -0.496 e. The van der Waals surface area contributed by atoms with E-state index >= 15 is 0 Å². The van der Waals surface area contributed by atoms with E-state index < -0.39 is 0 Å². The summed E-state index contributed by atoms with van der Waals surface area (Å²) in [5, 5.41) is 12.9. The third kappa shape index (κ3) is 4.00. The van der Waals surface area contributed by atoms with Crippen molar-refractivity contribution in [3.8, 4) is 23.3 Å². The van der Waals surface area contributed by atoms with Crippen molar-refractivity contribution in [1.29, 1.82) is 5.26 Å². The molecule has 0 aliphatic carbocycles. The normalized spacial score (nSPS) is 17.5. The van der Waals surface area contributed by atoms with Crippen molar-refractivity contribution >= 4 is 22.3 Å². The van der Waals surface area contributed by atoms with E-state index in [9.17, 15) is 0 Å². The fourth-order valence-corrected chi connectivity index (χ4v) is 4.67. The van der Waals surface area contributed by atoms with E-state index in [1.54, 1.807) is 13.3 Å². The molecule has 5 rings (SSSR count). The Morgan fingerprint density at radius 3 is 3.00 bits per heavy atom. The summed E-state index contributed by atoms with van der Waals surface area (Å²) in [6.45, 7) is 1.97. The maximum absolute atomic E-state index is 8.99. The summed E-state index contributed by atoms with van der Waals surface area (Å²) >= 11 is 1.31. The molecule has 4 heterocycles. The highest BCUT2D eigenvalue weighted by molar-refractivity contribution is 7.16. The number of benzene rings is 1. The summed E-state index contributed by atoms with van der Waals surface area (Å²) < 4.78 is 16.6. The molecule has 8 nitrogen and oxygen atoms in total. The van der Waals surface area contributed by atoms with Gasteiger partial charge in [0.15, 0.2) is 16.6 Å². The molecule has 2 aromatic heterocycles. The number of aromatic nitrogens is 2. The van der Waals surface area contributed by atoms with Gasteiger partial charge in [-0.05, 0) is 37.6 Å². The van der Waals surface area contributed by atoms with Gasteiger partial charge in [0.1, 0.15) is 22.5 Å². The lowest BCUT2D eigenvalue weighted by molar-refractivity contribution is 0.173. The van der Waals surface area contributed by atoms with Crippen molar-refractivity contribution in [2.45, 2.75) is 25.4 Å². The number of nitrogens with zero attached hydrogens (tertiary/aromatic N) is 4. The SMILES string of the molecule is COc1cc2c(cc1CN1CCC[C@H]1c1cccc(Nc3ncc(C#N)s3)n1)OCO2. The Balaban J connectivity index is 1.36. The van der Waals surface area contributed by atoms with Crippen molar-refractivity contribution in [3.63, 3.8) is 0 Å². The van der Waals surface area contributed by atoms with Crippen molar-refractivity contribution in [2.75, 3.05) is 25.8 Å². The number of rotatable bonds is 6. The van der Waals surface area contributed by atoms with Crippen LogP contribution in [0.15, 0.2) is 36.5 Å². The molecule has 1 saturated heterocycles. The third-order valence-electron chi connectivity index (χ3n) is 5.48. The zero-order valence-electron chi connectivity index (χ0n) is 17.0. The first-order valence-electron chi connectivity index (χ1n) is 10.0. The van der Waals surface area contributed by atoms with Crippen molar-refractivity contribution in [3.05, 3.63) is 52.7 Å². The van der Waals surface area contributed by atoms with Gasteiger partial charge in [0.2, 0.25) is 6.79 Å². The van der Waals surface area contributed by atoms with Crippen LogP contribution >= 0.6 is 11.3 Å². The Bertz CT molecular complexity index is 1140. The molecule has 0 bridgehead atoms. The smallest absolute Gasteiger partial charge is 0.231 e. The Hall–Kier alpha value is -3.35.